The van der Waals surface area contributed by atoms with Gasteiger partial charge in [-0.05, 0) is 29.4 Å². The highest BCUT2D eigenvalue weighted by atomic mass is 16.1. The molecular formula is C17H25NO. The molecule has 1 aliphatic carbocycles. The number of rotatable bonds is 3. The molecule has 0 amide bonds. The van der Waals surface area contributed by atoms with Crippen molar-refractivity contribution in [3.63, 3.8) is 0 Å². The van der Waals surface area contributed by atoms with Crippen molar-refractivity contribution in [2.75, 3.05) is 0 Å². The SMILES string of the molecule is CC(C)(C)c1ccc(CC(=O)C2CCCC2N)cc1. The molecule has 2 heteroatoms. The van der Waals surface area contributed by atoms with Gasteiger partial charge in [-0.3, -0.25) is 4.79 Å². The summed E-state index contributed by atoms with van der Waals surface area (Å²) in [7, 11) is 0. The molecule has 2 N–H and O–H groups in total. The number of carbonyl (C=O) groups is 1. The van der Waals surface area contributed by atoms with Crippen LogP contribution in [0.15, 0.2) is 24.3 Å². The zero-order valence-corrected chi connectivity index (χ0v) is 12.3. The largest absolute Gasteiger partial charge is 0.327 e. The summed E-state index contributed by atoms with van der Waals surface area (Å²) in [5.74, 6) is 0.399. The summed E-state index contributed by atoms with van der Waals surface area (Å²) in [5, 5.41) is 0. The van der Waals surface area contributed by atoms with Crippen molar-refractivity contribution in [1.82, 2.24) is 0 Å². The van der Waals surface area contributed by atoms with E-state index in [0.717, 1.165) is 24.8 Å². The number of carbonyl (C=O) groups excluding carboxylic acids is 1. The second-order valence-electron chi connectivity index (χ2n) is 6.79. The highest BCUT2D eigenvalue weighted by Crippen LogP contribution is 2.27. The van der Waals surface area contributed by atoms with E-state index in [9.17, 15) is 4.79 Å². The van der Waals surface area contributed by atoms with Crippen molar-refractivity contribution in [2.24, 2.45) is 11.7 Å². The van der Waals surface area contributed by atoms with E-state index in [0.29, 0.717) is 12.2 Å². The van der Waals surface area contributed by atoms with E-state index in [-0.39, 0.29) is 17.4 Å². The quantitative estimate of drug-likeness (QED) is 0.905. The lowest BCUT2D eigenvalue weighted by Crippen LogP contribution is -2.31. The average molecular weight is 259 g/mol. The van der Waals surface area contributed by atoms with Crippen LogP contribution in [0, 0.1) is 5.92 Å². The molecule has 2 nitrogen and oxygen atoms in total. The first-order valence-electron chi connectivity index (χ1n) is 7.25. The van der Waals surface area contributed by atoms with E-state index in [2.05, 4.69) is 45.0 Å². The van der Waals surface area contributed by atoms with Crippen LogP contribution in [0.5, 0.6) is 0 Å². The number of hydrogen-bond donors (Lipinski definition) is 1. The Balaban J connectivity index is 2.02. The Labute approximate surface area is 116 Å². The summed E-state index contributed by atoms with van der Waals surface area (Å²) < 4.78 is 0. The van der Waals surface area contributed by atoms with Crippen LogP contribution in [0.4, 0.5) is 0 Å². The van der Waals surface area contributed by atoms with Gasteiger partial charge in [0.25, 0.3) is 0 Å². The van der Waals surface area contributed by atoms with Crippen LogP contribution in [0.1, 0.15) is 51.2 Å². The number of nitrogens with two attached hydrogens (primary N) is 1. The van der Waals surface area contributed by atoms with Crippen molar-refractivity contribution < 1.29 is 4.79 Å². The topological polar surface area (TPSA) is 43.1 Å². The van der Waals surface area contributed by atoms with Crippen molar-refractivity contribution in [3.05, 3.63) is 35.4 Å². The van der Waals surface area contributed by atoms with Gasteiger partial charge in [0.2, 0.25) is 0 Å². The van der Waals surface area contributed by atoms with Gasteiger partial charge in [0.05, 0.1) is 0 Å². The van der Waals surface area contributed by atoms with Crippen LogP contribution in [-0.4, -0.2) is 11.8 Å². The number of benzene rings is 1. The fourth-order valence-electron chi connectivity index (χ4n) is 2.84. The van der Waals surface area contributed by atoms with Gasteiger partial charge < -0.3 is 5.73 Å². The molecule has 0 spiro atoms. The maximum atomic E-state index is 12.2. The summed E-state index contributed by atoms with van der Waals surface area (Å²) in [6.07, 6.45) is 3.60. The molecule has 2 rings (SSSR count). The summed E-state index contributed by atoms with van der Waals surface area (Å²) >= 11 is 0. The van der Waals surface area contributed by atoms with Crippen molar-refractivity contribution >= 4 is 5.78 Å². The number of Topliss-reactive ketones (excluding diaryl/α,β-unsaturated/α-hetero) is 1. The molecule has 2 atom stereocenters. The molecule has 1 aliphatic rings. The smallest absolute Gasteiger partial charge is 0.141 e. The van der Waals surface area contributed by atoms with E-state index in [1.54, 1.807) is 0 Å². The first-order valence-corrected chi connectivity index (χ1v) is 7.25. The first-order chi connectivity index (χ1) is 8.88. The summed E-state index contributed by atoms with van der Waals surface area (Å²) in [6.45, 7) is 6.60. The second kappa shape index (κ2) is 5.46. The van der Waals surface area contributed by atoms with E-state index >= 15 is 0 Å². The molecule has 0 radical (unpaired) electrons. The Hall–Kier alpha value is -1.15. The molecule has 0 aromatic heterocycles. The number of hydrogen-bond acceptors (Lipinski definition) is 2. The lowest BCUT2D eigenvalue weighted by Gasteiger charge is -2.19. The summed E-state index contributed by atoms with van der Waals surface area (Å²) in [6, 6.07) is 8.52. The van der Waals surface area contributed by atoms with E-state index in [1.165, 1.54) is 5.56 Å². The fraction of sp³-hybridized carbons (Fsp3) is 0.588. The van der Waals surface area contributed by atoms with Crippen LogP contribution in [0.3, 0.4) is 0 Å². The van der Waals surface area contributed by atoms with Gasteiger partial charge in [0.1, 0.15) is 5.78 Å². The van der Waals surface area contributed by atoms with E-state index in [4.69, 9.17) is 5.73 Å². The van der Waals surface area contributed by atoms with E-state index in [1.807, 2.05) is 0 Å². The van der Waals surface area contributed by atoms with Crippen LogP contribution < -0.4 is 5.73 Å². The van der Waals surface area contributed by atoms with Gasteiger partial charge in [-0.1, -0.05) is 51.5 Å². The molecule has 1 aromatic rings. The van der Waals surface area contributed by atoms with Crippen LogP contribution in [0.25, 0.3) is 0 Å². The first kappa shape index (κ1) is 14.3. The Kier molecular flexibility index (Phi) is 4.10. The normalized spacial score (nSPS) is 23.6. The standard InChI is InChI=1S/C17H25NO/c1-17(2,3)13-9-7-12(8-10-13)11-16(19)14-5-4-6-15(14)18/h7-10,14-15H,4-6,11,18H2,1-3H3. The van der Waals surface area contributed by atoms with Crippen LogP contribution in [-0.2, 0) is 16.6 Å². The lowest BCUT2D eigenvalue weighted by atomic mass is 9.86. The molecule has 0 heterocycles. The Bertz CT molecular complexity index is 441. The molecular weight excluding hydrogens is 234 g/mol. The maximum Gasteiger partial charge on any atom is 0.141 e. The summed E-state index contributed by atoms with van der Waals surface area (Å²) in [4.78, 5) is 12.2. The monoisotopic (exact) mass is 259 g/mol. The van der Waals surface area contributed by atoms with Crippen molar-refractivity contribution in [1.29, 1.82) is 0 Å². The third kappa shape index (κ3) is 3.44. The predicted molar refractivity (Wildman–Crippen MR) is 79.2 cm³/mol. The fourth-order valence-corrected chi connectivity index (χ4v) is 2.84. The second-order valence-corrected chi connectivity index (χ2v) is 6.79. The van der Waals surface area contributed by atoms with Gasteiger partial charge in [-0.25, -0.2) is 0 Å². The van der Waals surface area contributed by atoms with E-state index < -0.39 is 0 Å². The van der Waals surface area contributed by atoms with Crippen LogP contribution in [0.2, 0.25) is 0 Å². The van der Waals surface area contributed by atoms with Gasteiger partial charge in [0.15, 0.2) is 0 Å². The van der Waals surface area contributed by atoms with Gasteiger partial charge in [-0.2, -0.15) is 0 Å². The molecule has 1 aromatic carbocycles. The molecule has 0 aliphatic heterocycles. The molecule has 2 unspecified atom stereocenters. The third-order valence-electron chi connectivity index (χ3n) is 4.18. The highest BCUT2D eigenvalue weighted by molar-refractivity contribution is 5.84. The molecule has 1 fully saturated rings. The minimum atomic E-state index is 0.0846. The average Bonchev–Trinajstić information content (AvgIpc) is 2.75. The molecule has 19 heavy (non-hydrogen) atoms. The Morgan fingerprint density at radius 3 is 2.32 bits per heavy atom. The zero-order chi connectivity index (χ0) is 14.0. The lowest BCUT2D eigenvalue weighted by molar-refractivity contribution is -0.122. The highest BCUT2D eigenvalue weighted by Gasteiger charge is 2.29. The Morgan fingerprint density at radius 1 is 1.21 bits per heavy atom. The molecule has 0 bridgehead atoms. The Morgan fingerprint density at radius 2 is 1.84 bits per heavy atom. The minimum absolute atomic E-state index is 0.0846. The molecule has 1 saturated carbocycles. The minimum Gasteiger partial charge on any atom is -0.327 e. The third-order valence-corrected chi connectivity index (χ3v) is 4.18. The van der Waals surface area contributed by atoms with Gasteiger partial charge in [0, 0.05) is 18.4 Å². The molecule has 104 valence electrons. The maximum absolute atomic E-state index is 12.2. The van der Waals surface area contributed by atoms with Crippen molar-refractivity contribution in [2.45, 2.75) is 57.9 Å². The predicted octanol–water partition coefficient (Wildman–Crippen LogP) is 3.22. The number of ketones is 1. The molecule has 0 saturated heterocycles. The van der Waals surface area contributed by atoms with Crippen LogP contribution >= 0.6 is 0 Å². The van der Waals surface area contributed by atoms with Crippen molar-refractivity contribution in [3.8, 4) is 0 Å². The summed E-state index contributed by atoms with van der Waals surface area (Å²) in [5.41, 5.74) is 8.57. The van der Waals surface area contributed by atoms with Gasteiger partial charge >= 0.3 is 0 Å². The van der Waals surface area contributed by atoms with Gasteiger partial charge in [-0.15, -0.1) is 0 Å². The zero-order valence-electron chi connectivity index (χ0n) is 12.3.